The first-order chi connectivity index (χ1) is 6.19. The fraction of sp³-hybridized carbons (Fsp3) is 1.00. The Morgan fingerprint density at radius 1 is 1.36 bits per heavy atom. The van der Waals surface area contributed by atoms with Crippen molar-refractivity contribution < 1.29 is 8.42 Å². The Morgan fingerprint density at radius 3 is 2.21 bits per heavy atom. The number of rotatable bonds is 6. The van der Waals surface area contributed by atoms with Crippen LogP contribution < -0.4 is 5.73 Å². The molecule has 0 rings (SSSR count). The second kappa shape index (κ2) is 5.09. The molecule has 14 heavy (non-hydrogen) atoms. The van der Waals surface area contributed by atoms with E-state index in [9.17, 15) is 8.42 Å². The predicted molar refractivity (Wildman–Crippen MR) is 59.6 cm³/mol. The van der Waals surface area contributed by atoms with Crippen LogP contribution in [0.1, 0.15) is 33.6 Å². The van der Waals surface area contributed by atoms with Gasteiger partial charge in [-0.05, 0) is 26.7 Å². The Morgan fingerprint density at radius 2 is 1.86 bits per heavy atom. The molecule has 0 atom stereocenters. The fourth-order valence-corrected chi connectivity index (χ4v) is 2.20. The molecule has 0 unspecified atom stereocenters. The average Bonchev–Trinajstić information content (AvgIpc) is 1.98. The van der Waals surface area contributed by atoms with Crippen molar-refractivity contribution in [1.29, 1.82) is 0 Å². The highest BCUT2D eigenvalue weighted by atomic mass is 32.2. The molecule has 0 aliphatic carbocycles. The topological polar surface area (TPSA) is 63.4 Å². The number of hydrogen-bond acceptors (Lipinski definition) is 3. The maximum Gasteiger partial charge on any atom is 0.213 e. The second-order valence-electron chi connectivity index (χ2n) is 4.38. The zero-order valence-corrected chi connectivity index (χ0v) is 10.4. The van der Waals surface area contributed by atoms with E-state index >= 15 is 0 Å². The first-order valence-electron chi connectivity index (χ1n) is 4.92. The quantitative estimate of drug-likeness (QED) is 0.722. The monoisotopic (exact) mass is 222 g/mol. The molecule has 0 amide bonds. The zero-order valence-electron chi connectivity index (χ0n) is 9.58. The van der Waals surface area contributed by atoms with E-state index in [4.69, 9.17) is 5.73 Å². The van der Waals surface area contributed by atoms with E-state index in [0.29, 0.717) is 19.4 Å². The van der Waals surface area contributed by atoms with Gasteiger partial charge in [0.25, 0.3) is 0 Å². The lowest BCUT2D eigenvalue weighted by Gasteiger charge is -2.23. The largest absolute Gasteiger partial charge is 0.326 e. The van der Waals surface area contributed by atoms with Crippen molar-refractivity contribution in [3.8, 4) is 0 Å². The lowest BCUT2D eigenvalue weighted by atomic mass is 10.0. The molecule has 0 radical (unpaired) electrons. The SMILES string of the molecule is CCCS(=O)(=O)N(C)CCC(C)(C)N. The molecule has 0 aromatic rings. The minimum atomic E-state index is -3.06. The van der Waals surface area contributed by atoms with Crippen LogP contribution in [0.4, 0.5) is 0 Å². The molecule has 5 heteroatoms. The van der Waals surface area contributed by atoms with Crippen LogP contribution in [0.15, 0.2) is 0 Å². The zero-order chi connectivity index (χ0) is 11.4. The molecule has 2 N–H and O–H groups in total. The van der Waals surface area contributed by atoms with Crippen LogP contribution in [0.2, 0.25) is 0 Å². The maximum atomic E-state index is 11.5. The van der Waals surface area contributed by atoms with E-state index in [1.165, 1.54) is 4.31 Å². The molecule has 0 saturated heterocycles. The number of nitrogens with zero attached hydrogens (tertiary/aromatic N) is 1. The van der Waals surface area contributed by atoms with Crippen molar-refractivity contribution in [2.75, 3.05) is 19.3 Å². The van der Waals surface area contributed by atoms with Crippen LogP contribution >= 0.6 is 0 Å². The molecule has 0 aliphatic rings. The van der Waals surface area contributed by atoms with Crippen molar-refractivity contribution in [3.63, 3.8) is 0 Å². The van der Waals surface area contributed by atoms with E-state index < -0.39 is 10.0 Å². The van der Waals surface area contributed by atoms with Gasteiger partial charge in [0.05, 0.1) is 5.75 Å². The Bertz CT molecular complexity index is 254. The average molecular weight is 222 g/mol. The van der Waals surface area contributed by atoms with E-state index in [1.54, 1.807) is 7.05 Å². The standard InChI is InChI=1S/C9H22N2O2S/c1-5-8-14(12,13)11(4)7-6-9(2,3)10/h5-8,10H2,1-4H3. The summed E-state index contributed by atoms with van der Waals surface area (Å²) in [6, 6.07) is 0. The van der Waals surface area contributed by atoms with Gasteiger partial charge in [-0.2, -0.15) is 0 Å². The van der Waals surface area contributed by atoms with E-state index in [0.717, 1.165) is 0 Å². The molecule has 86 valence electrons. The molecule has 0 fully saturated rings. The molecule has 0 bridgehead atoms. The number of sulfonamides is 1. The molecule has 0 aliphatic heterocycles. The molecule has 0 aromatic heterocycles. The first kappa shape index (κ1) is 13.9. The van der Waals surface area contributed by atoms with Crippen LogP contribution in [0.5, 0.6) is 0 Å². The van der Waals surface area contributed by atoms with E-state index in [1.807, 2.05) is 20.8 Å². The van der Waals surface area contributed by atoms with E-state index in [2.05, 4.69) is 0 Å². The van der Waals surface area contributed by atoms with Crippen LogP contribution in [-0.2, 0) is 10.0 Å². The van der Waals surface area contributed by atoms with Gasteiger partial charge in [0, 0.05) is 19.1 Å². The highest BCUT2D eigenvalue weighted by Crippen LogP contribution is 2.07. The summed E-state index contributed by atoms with van der Waals surface area (Å²) in [7, 11) is -1.45. The highest BCUT2D eigenvalue weighted by molar-refractivity contribution is 7.89. The Balaban J connectivity index is 4.15. The Labute approximate surface area is 87.5 Å². The van der Waals surface area contributed by atoms with E-state index in [-0.39, 0.29) is 11.3 Å². The molecular weight excluding hydrogens is 200 g/mol. The van der Waals surface area contributed by atoms with Crippen molar-refractivity contribution >= 4 is 10.0 Å². The molecule has 4 nitrogen and oxygen atoms in total. The number of nitrogens with two attached hydrogens (primary N) is 1. The van der Waals surface area contributed by atoms with Crippen molar-refractivity contribution in [2.45, 2.75) is 39.2 Å². The second-order valence-corrected chi connectivity index (χ2v) is 6.57. The predicted octanol–water partition coefficient (Wildman–Crippen LogP) is 0.785. The van der Waals surface area contributed by atoms with Gasteiger partial charge in [-0.15, -0.1) is 0 Å². The van der Waals surface area contributed by atoms with Crippen LogP contribution in [0, 0.1) is 0 Å². The highest BCUT2D eigenvalue weighted by Gasteiger charge is 2.19. The molecule has 0 spiro atoms. The summed E-state index contributed by atoms with van der Waals surface area (Å²) in [6.07, 6.45) is 1.32. The summed E-state index contributed by atoms with van der Waals surface area (Å²) in [6.45, 7) is 6.14. The lowest BCUT2D eigenvalue weighted by molar-refractivity contribution is 0.392. The summed E-state index contributed by atoms with van der Waals surface area (Å²) in [5.41, 5.74) is 5.47. The molecular formula is C9H22N2O2S. The smallest absolute Gasteiger partial charge is 0.213 e. The fourth-order valence-electron chi connectivity index (χ4n) is 0.998. The van der Waals surface area contributed by atoms with Gasteiger partial charge in [0.15, 0.2) is 0 Å². The van der Waals surface area contributed by atoms with Gasteiger partial charge < -0.3 is 5.73 Å². The van der Waals surface area contributed by atoms with Gasteiger partial charge in [-0.25, -0.2) is 12.7 Å². The first-order valence-corrected chi connectivity index (χ1v) is 6.53. The summed E-state index contributed by atoms with van der Waals surface area (Å²) in [5, 5.41) is 0. The third-order valence-electron chi connectivity index (χ3n) is 2.01. The van der Waals surface area contributed by atoms with Crippen molar-refractivity contribution in [2.24, 2.45) is 5.73 Å². The molecule has 0 aromatic carbocycles. The molecule has 0 saturated carbocycles. The summed E-state index contributed by atoms with van der Waals surface area (Å²) in [4.78, 5) is 0. The summed E-state index contributed by atoms with van der Waals surface area (Å²) in [5.74, 6) is 0.217. The summed E-state index contributed by atoms with van der Waals surface area (Å²) < 4.78 is 24.5. The van der Waals surface area contributed by atoms with Gasteiger partial charge in [-0.3, -0.25) is 0 Å². The normalized spacial score (nSPS) is 13.6. The summed E-state index contributed by atoms with van der Waals surface area (Å²) >= 11 is 0. The minimum Gasteiger partial charge on any atom is -0.326 e. The Kier molecular flexibility index (Phi) is 5.05. The van der Waals surface area contributed by atoms with Gasteiger partial charge in [0.1, 0.15) is 0 Å². The Hall–Kier alpha value is -0.130. The van der Waals surface area contributed by atoms with Crippen molar-refractivity contribution in [1.82, 2.24) is 4.31 Å². The third kappa shape index (κ3) is 5.57. The van der Waals surface area contributed by atoms with Crippen LogP contribution in [-0.4, -0.2) is 37.6 Å². The lowest BCUT2D eigenvalue weighted by Crippen LogP contribution is -2.38. The maximum absolute atomic E-state index is 11.5. The van der Waals surface area contributed by atoms with Gasteiger partial charge in [0.2, 0.25) is 10.0 Å². The molecule has 0 heterocycles. The van der Waals surface area contributed by atoms with Crippen LogP contribution in [0.3, 0.4) is 0 Å². The minimum absolute atomic E-state index is 0.217. The number of hydrogen-bond donors (Lipinski definition) is 1. The van der Waals surface area contributed by atoms with Gasteiger partial charge in [-0.1, -0.05) is 6.92 Å². The van der Waals surface area contributed by atoms with Gasteiger partial charge >= 0.3 is 0 Å². The third-order valence-corrected chi connectivity index (χ3v) is 4.06. The van der Waals surface area contributed by atoms with Crippen molar-refractivity contribution in [3.05, 3.63) is 0 Å². The van der Waals surface area contributed by atoms with Crippen LogP contribution in [0.25, 0.3) is 0 Å².